The number of hydrogen-bond acceptors (Lipinski definition) is 4. The SMILES string of the molecule is CCNc1c(CN2CCCC(C)(C)C2)cccc1[N+](=O)[O-]. The number of likely N-dealkylation sites (tertiary alicyclic amines) is 1. The van der Waals surface area contributed by atoms with Crippen LogP contribution in [0.15, 0.2) is 18.2 Å². The van der Waals surface area contributed by atoms with Crippen molar-refractivity contribution in [2.45, 2.75) is 40.2 Å². The van der Waals surface area contributed by atoms with Crippen molar-refractivity contribution < 1.29 is 4.92 Å². The van der Waals surface area contributed by atoms with Gasteiger partial charge in [0, 0.05) is 25.7 Å². The zero-order chi connectivity index (χ0) is 15.5. The Kier molecular flexibility index (Phi) is 4.83. The molecule has 0 unspecified atom stereocenters. The van der Waals surface area contributed by atoms with E-state index in [2.05, 4.69) is 24.1 Å². The lowest BCUT2D eigenvalue weighted by Crippen LogP contribution is -2.39. The van der Waals surface area contributed by atoms with Crippen molar-refractivity contribution in [1.29, 1.82) is 0 Å². The Morgan fingerprint density at radius 3 is 2.81 bits per heavy atom. The molecule has 5 heteroatoms. The van der Waals surface area contributed by atoms with Crippen LogP contribution in [0.1, 0.15) is 39.2 Å². The van der Waals surface area contributed by atoms with Gasteiger partial charge in [0.25, 0.3) is 5.69 Å². The highest BCUT2D eigenvalue weighted by Crippen LogP contribution is 2.33. The van der Waals surface area contributed by atoms with Crippen molar-refractivity contribution in [1.82, 2.24) is 4.90 Å². The molecule has 5 nitrogen and oxygen atoms in total. The highest BCUT2D eigenvalue weighted by molar-refractivity contribution is 5.66. The van der Waals surface area contributed by atoms with Gasteiger partial charge in [-0.15, -0.1) is 0 Å². The molecular formula is C16H25N3O2. The number of para-hydroxylation sites is 1. The molecule has 0 aliphatic carbocycles. The summed E-state index contributed by atoms with van der Waals surface area (Å²) in [6.45, 7) is 10.1. The zero-order valence-electron chi connectivity index (χ0n) is 13.2. The predicted octanol–water partition coefficient (Wildman–Crippen LogP) is 3.65. The number of hydrogen-bond donors (Lipinski definition) is 1. The third kappa shape index (κ3) is 3.94. The molecule has 0 radical (unpaired) electrons. The van der Waals surface area contributed by atoms with Gasteiger partial charge in [-0.05, 0) is 37.3 Å². The summed E-state index contributed by atoms with van der Waals surface area (Å²) in [7, 11) is 0. The van der Waals surface area contributed by atoms with E-state index in [1.165, 1.54) is 12.8 Å². The summed E-state index contributed by atoms with van der Waals surface area (Å²) in [6.07, 6.45) is 2.44. The highest BCUT2D eigenvalue weighted by Gasteiger charge is 2.27. The molecule has 1 fully saturated rings. The van der Waals surface area contributed by atoms with Gasteiger partial charge in [-0.2, -0.15) is 0 Å². The number of nitrogens with one attached hydrogen (secondary N) is 1. The highest BCUT2D eigenvalue weighted by atomic mass is 16.6. The molecular weight excluding hydrogens is 266 g/mol. The maximum atomic E-state index is 11.2. The van der Waals surface area contributed by atoms with Gasteiger partial charge >= 0.3 is 0 Å². The summed E-state index contributed by atoms with van der Waals surface area (Å²) in [5.74, 6) is 0. The van der Waals surface area contributed by atoms with Gasteiger partial charge in [-0.3, -0.25) is 15.0 Å². The van der Waals surface area contributed by atoms with E-state index in [0.717, 1.165) is 25.2 Å². The first-order chi connectivity index (χ1) is 9.93. The monoisotopic (exact) mass is 291 g/mol. The molecule has 1 N–H and O–H groups in total. The molecule has 116 valence electrons. The van der Waals surface area contributed by atoms with E-state index in [9.17, 15) is 10.1 Å². The molecule has 1 aromatic carbocycles. The van der Waals surface area contributed by atoms with E-state index in [-0.39, 0.29) is 10.6 Å². The Morgan fingerprint density at radius 2 is 2.19 bits per heavy atom. The van der Waals surface area contributed by atoms with E-state index in [0.29, 0.717) is 17.6 Å². The summed E-state index contributed by atoms with van der Waals surface area (Å²) in [4.78, 5) is 13.3. The summed E-state index contributed by atoms with van der Waals surface area (Å²) >= 11 is 0. The first-order valence-electron chi connectivity index (χ1n) is 7.65. The van der Waals surface area contributed by atoms with Crippen LogP contribution in [0.3, 0.4) is 0 Å². The van der Waals surface area contributed by atoms with Crippen LogP contribution in [0, 0.1) is 15.5 Å². The Bertz CT molecular complexity index is 514. The molecule has 0 aromatic heterocycles. The number of benzene rings is 1. The molecule has 2 rings (SSSR count). The normalized spacial score (nSPS) is 18.4. The average molecular weight is 291 g/mol. The molecule has 1 heterocycles. The Morgan fingerprint density at radius 1 is 1.43 bits per heavy atom. The van der Waals surface area contributed by atoms with E-state index in [4.69, 9.17) is 0 Å². The van der Waals surface area contributed by atoms with E-state index < -0.39 is 0 Å². The van der Waals surface area contributed by atoms with Crippen LogP contribution >= 0.6 is 0 Å². The number of nitro groups is 1. The largest absolute Gasteiger partial charge is 0.380 e. The fourth-order valence-corrected chi connectivity index (χ4v) is 3.17. The van der Waals surface area contributed by atoms with Gasteiger partial charge in [-0.25, -0.2) is 0 Å². The van der Waals surface area contributed by atoms with Gasteiger partial charge in [0.1, 0.15) is 5.69 Å². The maximum Gasteiger partial charge on any atom is 0.292 e. The van der Waals surface area contributed by atoms with Crippen molar-refractivity contribution >= 4 is 11.4 Å². The second-order valence-corrected chi connectivity index (χ2v) is 6.58. The fraction of sp³-hybridized carbons (Fsp3) is 0.625. The predicted molar refractivity (Wildman–Crippen MR) is 85.6 cm³/mol. The van der Waals surface area contributed by atoms with E-state index in [1.807, 2.05) is 13.0 Å². The molecule has 0 spiro atoms. The summed E-state index contributed by atoms with van der Waals surface area (Å²) in [5.41, 5.74) is 2.19. The van der Waals surface area contributed by atoms with Gasteiger partial charge < -0.3 is 5.32 Å². The number of anilines is 1. The van der Waals surface area contributed by atoms with Crippen LogP contribution in [0.25, 0.3) is 0 Å². The van der Waals surface area contributed by atoms with Crippen LogP contribution < -0.4 is 5.32 Å². The third-order valence-corrected chi connectivity index (χ3v) is 4.05. The van der Waals surface area contributed by atoms with Crippen molar-refractivity contribution in [3.63, 3.8) is 0 Å². The lowest BCUT2D eigenvalue weighted by Gasteiger charge is -2.38. The summed E-state index contributed by atoms with van der Waals surface area (Å²) in [5, 5.41) is 14.4. The molecule has 1 aliphatic heterocycles. The maximum absolute atomic E-state index is 11.2. The molecule has 21 heavy (non-hydrogen) atoms. The van der Waals surface area contributed by atoms with Crippen LogP contribution in [0.2, 0.25) is 0 Å². The minimum atomic E-state index is -0.304. The Balaban J connectivity index is 2.23. The minimum absolute atomic E-state index is 0.172. The lowest BCUT2D eigenvalue weighted by molar-refractivity contribution is -0.384. The Labute approximate surface area is 126 Å². The van der Waals surface area contributed by atoms with Gasteiger partial charge in [0.2, 0.25) is 0 Å². The third-order valence-electron chi connectivity index (χ3n) is 4.05. The number of piperidine rings is 1. The lowest BCUT2D eigenvalue weighted by atomic mass is 9.84. The van der Waals surface area contributed by atoms with Crippen molar-refractivity contribution in [3.8, 4) is 0 Å². The van der Waals surface area contributed by atoms with Crippen LogP contribution in [0.5, 0.6) is 0 Å². The van der Waals surface area contributed by atoms with Crippen molar-refractivity contribution in [3.05, 3.63) is 33.9 Å². The van der Waals surface area contributed by atoms with E-state index >= 15 is 0 Å². The van der Waals surface area contributed by atoms with Crippen LogP contribution in [0.4, 0.5) is 11.4 Å². The smallest absolute Gasteiger partial charge is 0.292 e. The van der Waals surface area contributed by atoms with Crippen molar-refractivity contribution in [2.24, 2.45) is 5.41 Å². The van der Waals surface area contributed by atoms with Crippen LogP contribution in [-0.2, 0) is 6.54 Å². The quantitative estimate of drug-likeness (QED) is 0.664. The molecule has 1 aromatic rings. The molecule has 0 atom stereocenters. The van der Waals surface area contributed by atoms with Crippen molar-refractivity contribution in [2.75, 3.05) is 25.0 Å². The second kappa shape index (κ2) is 6.43. The molecule has 0 bridgehead atoms. The molecule has 1 aliphatic rings. The average Bonchev–Trinajstić information content (AvgIpc) is 2.39. The standard InChI is InChI=1S/C16H25N3O2/c1-4-17-15-13(7-5-8-14(15)19(20)21)11-18-10-6-9-16(2,3)12-18/h5,7-8,17H,4,6,9-12H2,1-3H3. The minimum Gasteiger partial charge on any atom is -0.380 e. The van der Waals surface area contributed by atoms with Gasteiger partial charge in [0.15, 0.2) is 0 Å². The number of nitro benzene ring substituents is 1. The van der Waals surface area contributed by atoms with E-state index in [1.54, 1.807) is 12.1 Å². The summed E-state index contributed by atoms with van der Waals surface area (Å²) in [6, 6.07) is 5.34. The summed E-state index contributed by atoms with van der Waals surface area (Å²) < 4.78 is 0. The molecule has 1 saturated heterocycles. The van der Waals surface area contributed by atoms with Gasteiger partial charge in [-0.1, -0.05) is 26.0 Å². The Hall–Kier alpha value is -1.62. The fourth-order valence-electron chi connectivity index (χ4n) is 3.17. The van der Waals surface area contributed by atoms with Crippen LogP contribution in [-0.4, -0.2) is 29.5 Å². The first kappa shape index (κ1) is 15.8. The zero-order valence-corrected chi connectivity index (χ0v) is 13.2. The topological polar surface area (TPSA) is 58.4 Å². The second-order valence-electron chi connectivity index (χ2n) is 6.58. The molecule has 0 saturated carbocycles. The molecule has 0 amide bonds. The first-order valence-corrected chi connectivity index (χ1v) is 7.65. The van der Waals surface area contributed by atoms with Gasteiger partial charge in [0.05, 0.1) is 4.92 Å². The number of nitrogens with zero attached hydrogens (tertiary/aromatic N) is 2. The number of rotatable bonds is 5.